The highest BCUT2D eigenvalue weighted by atomic mass is 35.5. The van der Waals surface area contributed by atoms with Crippen molar-refractivity contribution in [3.8, 4) is 0 Å². The van der Waals surface area contributed by atoms with Gasteiger partial charge in [0.2, 0.25) is 5.91 Å². The molecule has 0 atom stereocenters. The fourth-order valence-electron chi connectivity index (χ4n) is 8.40. The zero-order chi connectivity index (χ0) is 54.8. The largest absolute Gasteiger partial charge is 0.480 e. The molecule has 0 bridgehead atoms. The van der Waals surface area contributed by atoms with Crippen molar-refractivity contribution in [3.05, 3.63) is 186 Å². The minimum Gasteiger partial charge on any atom is -0.480 e. The average molecular weight is 1120 g/mol. The molecule has 3 aromatic carbocycles. The van der Waals surface area contributed by atoms with Crippen LogP contribution in [0, 0.1) is 0 Å². The topological polar surface area (TPSA) is 201 Å². The number of carbonyl (C=O) groups is 4. The van der Waals surface area contributed by atoms with Crippen LogP contribution >= 0.6 is 35.6 Å². The van der Waals surface area contributed by atoms with Crippen LogP contribution in [0.25, 0.3) is 22.1 Å². The third-order valence-electron chi connectivity index (χ3n) is 12.2. The third kappa shape index (κ3) is 16.4. The Labute approximate surface area is 457 Å². The van der Waals surface area contributed by atoms with Gasteiger partial charge in [0.25, 0.3) is 22.9 Å². The van der Waals surface area contributed by atoms with Crippen LogP contribution in [-0.4, -0.2) is 114 Å². The van der Waals surface area contributed by atoms with Gasteiger partial charge in [-0.05, 0) is 98.1 Å². The summed E-state index contributed by atoms with van der Waals surface area (Å²) in [6, 6.07) is 33.6. The van der Waals surface area contributed by atoms with Gasteiger partial charge in [-0.15, -0.1) is 12.4 Å². The fourth-order valence-corrected chi connectivity index (χ4v) is 8.65. The summed E-state index contributed by atoms with van der Waals surface area (Å²) in [6.07, 6.45) is 2.96. The molecule has 77 heavy (non-hydrogen) atoms. The van der Waals surface area contributed by atoms with Gasteiger partial charge in [-0.25, -0.2) is 23.1 Å². The summed E-state index contributed by atoms with van der Waals surface area (Å²) in [5.41, 5.74) is -1.41. The number of carbonyl (C=O) groups excluding carboxylic acids is 3. The molecule has 0 radical (unpaired) electrons. The number of nitrogens with zero attached hydrogens (tertiary/aromatic N) is 6. The molecular weight excluding hydrogens is 1060 g/mol. The second-order valence-corrected chi connectivity index (χ2v) is 20.3. The summed E-state index contributed by atoms with van der Waals surface area (Å²) in [5.74, 6) is -2.75. The summed E-state index contributed by atoms with van der Waals surface area (Å²) in [7, 11) is 0. The lowest BCUT2D eigenvalue weighted by atomic mass is 9.98. The monoisotopic (exact) mass is 1120 g/mol. The van der Waals surface area contributed by atoms with E-state index in [-0.39, 0.29) is 61.9 Å². The van der Waals surface area contributed by atoms with Crippen LogP contribution in [0.15, 0.2) is 137 Å². The van der Waals surface area contributed by atoms with Gasteiger partial charge in [-0.3, -0.25) is 42.8 Å². The number of hydrogen-bond acceptors (Lipinski definition) is 10. The minimum atomic E-state index is -1.41. The number of pyridine rings is 4. The number of rotatable bonds is 12. The number of aromatic nitrogens is 4. The first-order valence-electron chi connectivity index (χ1n) is 24.1. The number of fused-ring (bicyclic) bond motifs is 2. The number of aliphatic carboxylic acids is 1. The molecule has 7 heterocycles. The maximum atomic E-state index is 13.8. The molecule has 3 saturated heterocycles. The molecular formula is C55H57Cl3F3N9O7. The summed E-state index contributed by atoms with van der Waals surface area (Å²) < 4.78 is 41.2. The molecule has 3 amide bonds. The second kappa shape index (κ2) is 25.8. The van der Waals surface area contributed by atoms with E-state index in [1.165, 1.54) is 46.5 Å². The van der Waals surface area contributed by atoms with Gasteiger partial charge >= 0.3 is 5.97 Å². The first-order valence-corrected chi connectivity index (χ1v) is 24.9. The zero-order valence-corrected chi connectivity index (χ0v) is 44.6. The van der Waals surface area contributed by atoms with E-state index in [9.17, 15) is 41.9 Å². The van der Waals surface area contributed by atoms with Crippen molar-refractivity contribution in [3.63, 3.8) is 0 Å². The van der Waals surface area contributed by atoms with E-state index in [0.29, 0.717) is 52.6 Å². The van der Waals surface area contributed by atoms with Gasteiger partial charge in [-0.1, -0.05) is 77.8 Å². The van der Waals surface area contributed by atoms with E-state index in [2.05, 4.69) is 43.0 Å². The number of carboxylic acids is 1. The first kappa shape index (κ1) is 59.1. The molecule has 4 aromatic heterocycles. The quantitative estimate of drug-likeness (QED) is 0.0940. The van der Waals surface area contributed by atoms with E-state index >= 15 is 0 Å². The summed E-state index contributed by atoms with van der Waals surface area (Å²) in [6.45, 7) is 7.25. The van der Waals surface area contributed by atoms with Crippen molar-refractivity contribution in [2.24, 2.45) is 0 Å². The smallest absolute Gasteiger partial charge is 0.323 e. The Balaban J connectivity index is 0.000000186. The van der Waals surface area contributed by atoms with Crippen LogP contribution in [0.1, 0.15) is 58.2 Å². The number of benzene rings is 3. The van der Waals surface area contributed by atoms with Gasteiger partial charge < -0.3 is 26.0 Å². The Hall–Kier alpha value is -7.16. The fraction of sp³-hybridized carbons (Fsp3) is 0.309. The van der Waals surface area contributed by atoms with Crippen molar-refractivity contribution in [2.75, 3.05) is 39.3 Å². The number of alkyl halides is 3. The lowest BCUT2D eigenvalue weighted by Crippen LogP contribution is -2.60. The molecule has 16 nitrogen and oxygen atoms in total. The van der Waals surface area contributed by atoms with Gasteiger partial charge in [-0.2, -0.15) is 0 Å². The van der Waals surface area contributed by atoms with Crippen LogP contribution in [0.2, 0.25) is 10.0 Å². The van der Waals surface area contributed by atoms with Gasteiger partial charge in [0.1, 0.15) is 52.5 Å². The van der Waals surface area contributed by atoms with Gasteiger partial charge in [0.05, 0.1) is 13.1 Å². The van der Waals surface area contributed by atoms with Crippen molar-refractivity contribution in [1.82, 2.24) is 44.9 Å². The van der Waals surface area contributed by atoms with E-state index < -0.39 is 58.4 Å². The lowest BCUT2D eigenvalue weighted by Gasteiger charge is -2.42. The van der Waals surface area contributed by atoms with Crippen molar-refractivity contribution in [1.29, 1.82) is 0 Å². The molecule has 0 unspecified atom stereocenters. The number of carboxylic acid groups (broad SMARTS) is 1. The first-order chi connectivity index (χ1) is 36.0. The Bertz CT molecular complexity index is 3320. The molecule has 3 aliphatic rings. The lowest BCUT2D eigenvalue weighted by molar-refractivity contribution is -0.144. The molecule has 4 N–H and O–H groups in total. The number of amides is 3. The SMILES string of the molecule is CC1(F)CN(C(=O)Cn2c(=O)c(C(=O)NCc3ccc(Cl)cc3)cc3cccnc32)C1.CC1(F)CN(Cc2ccccc2)C1.CC1(F)CNC1.Cl.O=C(O)Cn1c(=O)c(C(=O)NCc2ccc(Cl)cc2)cc2cccnc21. The average Bonchev–Trinajstić information content (AvgIpc) is 3.37. The number of nitrogens with one attached hydrogen (secondary N) is 3. The molecule has 10 rings (SSSR count). The number of hydrogen-bond donors (Lipinski definition) is 4. The van der Waals surface area contributed by atoms with Crippen LogP contribution in [-0.2, 0) is 42.3 Å². The molecule has 22 heteroatoms. The van der Waals surface area contributed by atoms with E-state index in [4.69, 9.17) is 28.3 Å². The van der Waals surface area contributed by atoms with E-state index in [1.54, 1.807) is 86.6 Å². The summed E-state index contributed by atoms with van der Waals surface area (Å²) in [5, 5.41) is 19.5. The summed E-state index contributed by atoms with van der Waals surface area (Å²) >= 11 is 11.7. The van der Waals surface area contributed by atoms with Gasteiger partial charge in [0, 0.05) is 79.0 Å². The highest BCUT2D eigenvalue weighted by Crippen LogP contribution is 2.27. The zero-order valence-electron chi connectivity index (χ0n) is 42.3. The summed E-state index contributed by atoms with van der Waals surface area (Å²) in [4.78, 5) is 86.3. The highest BCUT2D eigenvalue weighted by Gasteiger charge is 2.42. The van der Waals surface area contributed by atoms with Crippen LogP contribution in [0.5, 0.6) is 0 Å². The van der Waals surface area contributed by atoms with Crippen LogP contribution in [0.4, 0.5) is 13.2 Å². The van der Waals surface area contributed by atoms with Crippen molar-refractivity contribution < 1.29 is 37.5 Å². The van der Waals surface area contributed by atoms with E-state index in [0.717, 1.165) is 22.2 Å². The Kier molecular flexibility index (Phi) is 19.8. The Morgan fingerprint density at radius 1 is 0.610 bits per heavy atom. The maximum Gasteiger partial charge on any atom is 0.323 e. The highest BCUT2D eigenvalue weighted by molar-refractivity contribution is 6.30. The molecule has 406 valence electrons. The maximum absolute atomic E-state index is 13.8. The predicted molar refractivity (Wildman–Crippen MR) is 292 cm³/mol. The Morgan fingerprint density at radius 2 is 1.04 bits per heavy atom. The number of likely N-dealkylation sites (tertiary alicyclic amines) is 2. The predicted octanol–water partition coefficient (Wildman–Crippen LogP) is 7.58. The minimum absolute atomic E-state index is 0. The second-order valence-electron chi connectivity index (χ2n) is 19.5. The molecule has 3 fully saturated rings. The standard InChI is InChI=1S/C22H20ClFN4O3.C18H14ClN3O4.C11H14FN.C4H8FN.ClH/c1-22(24)12-27(13-22)18(29)11-28-19-15(3-2-8-25-19)9-17(21(28)31)20(30)26-10-14-4-6-16(23)7-5-14;19-13-5-3-11(4-6-13)9-21-17(25)14-8-12-2-1-7-20-16(12)22(18(14)26)10-15(23)24;1-11(12)8-13(9-11)7-10-5-3-2-4-6-10;1-4(5)2-6-3-4;/h2-9H,10-13H2,1H3,(H,26,30);1-8H,9-10H2,(H,21,25)(H,23,24);2-6H,7-9H2,1H3;6H,2-3H2,1H3;1H. The van der Waals surface area contributed by atoms with Crippen molar-refractivity contribution in [2.45, 2.75) is 70.5 Å². The third-order valence-corrected chi connectivity index (χ3v) is 12.7. The molecule has 0 saturated carbocycles. The van der Waals surface area contributed by atoms with Crippen LogP contribution < -0.4 is 27.1 Å². The molecule has 7 aromatic rings. The Morgan fingerprint density at radius 3 is 1.43 bits per heavy atom. The number of halogens is 6. The van der Waals surface area contributed by atoms with Gasteiger partial charge in [0.15, 0.2) is 0 Å². The van der Waals surface area contributed by atoms with Crippen LogP contribution in [0.3, 0.4) is 0 Å². The van der Waals surface area contributed by atoms with Crippen molar-refractivity contribution >= 4 is 81.4 Å². The molecule has 3 aliphatic heterocycles. The van der Waals surface area contributed by atoms with E-state index in [1.807, 2.05) is 18.2 Å². The normalized spacial score (nSPS) is 15.4. The molecule has 0 aliphatic carbocycles. The molecule has 0 spiro atoms.